The lowest BCUT2D eigenvalue weighted by Crippen LogP contribution is -2.50. The monoisotopic (exact) mass is 485 g/mol. The number of carbonyl (C=O) groups is 1. The second-order valence-corrected chi connectivity index (χ2v) is 9.27. The summed E-state index contributed by atoms with van der Waals surface area (Å²) < 4.78 is 6.02. The van der Waals surface area contributed by atoms with Crippen molar-refractivity contribution in [2.24, 2.45) is 0 Å². The topological polar surface area (TPSA) is 106 Å². The predicted octanol–water partition coefficient (Wildman–Crippen LogP) is 3.77. The van der Waals surface area contributed by atoms with Crippen LogP contribution in [0.2, 0.25) is 0 Å². The highest BCUT2D eigenvalue weighted by atomic mass is 16.5. The van der Waals surface area contributed by atoms with E-state index in [0.29, 0.717) is 56.0 Å². The second-order valence-electron chi connectivity index (χ2n) is 9.27. The van der Waals surface area contributed by atoms with Crippen LogP contribution in [0.15, 0.2) is 48.7 Å². The van der Waals surface area contributed by atoms with E-state index < -0.39 is 0 Å². The van der Waals surface area contributed by atoms with Gasteiger partial charge in [0.2, 0.25) is 5.95 Å². The first-order chi connectivity index (χ1) is 17.7. The van der Waals surface area contributed by atoms with Crippen LogP contribution in [-0.4, -0.2) is 66.3 Å². The molecule has 1 atom stereocenters. The van der Waals surface area contributed by atoms with Crippen LogP contribution >= 0.6 is 0 Å². The molecule has 186 valence electrons. The number of piperazine rings is 1. The SMILES string of the molecule is N#Cc1ccc(NC(=O)N2CCN(c3ncc4ccc(OCCC5CCCCN5)cc4n3)CC2)cc1. The molecule has 2 aliphatic rings. The number of benzene rings is 2. The van der Waals surface area contributed by atoms with Gasteiger partial charge in [0.25, 0.3) is 0 Å². The molecule has 3 heterocycles. The summed E-state index contributed by atoms with van der Waals surface area (Å²) >= 11 is 0. The van der Waals surface area contributed by atoms with Gasteiger partial charge in [0.05, 0.1) is 23.8 Å². The summed E-state index contributed by atoms with van der Waals surface area (Å²) in [4.78, 5) is 25.9. The molecule has 0 radical (unpaired) electrons. The van der Waals surface area contributed by atoms with E-state index in [0.717, 1.165) is 29.6 Å². The molecule has 9 nitrogen and oxygen atoms in total. The minimum Gasteiger partial charge on any atom is -0.493 e. The summed E-state index contributed by atoms with van der Waals surface area (Å²) in [5, 5.41) is 16.3. The Bertz CT molecular complexity index is 1230. The fourth-order valence-corrected chi connectivity index (χ4v) is 4.67. The zero-order chi connectivity index (χ0) is 24.7. The molecule has 36 heavy (non-hydrogen) atoms. The van der Waals surface area contributed by atoms with E-state index in [1.54, 1.807) is 29.2 Å². The molecule has 2 fully saturated rings. The van der Waals surface area contributed by atoms with Gasteiger partial charge in [-0.3, -0.25) is 0 Å². The molecule has 1 unspecified atom stereocenters. The first-order valence-corrected chi connectivity index (χ1v) is 12.6. The third kappa shape index (κ3) is 5.83. The Morgan fingerprint density at radius 1 is 1.14 bits per heavy atom. The lowest BCUT2D eigenvalue weighted by molar-refractivity contribution is 0.208. The van der Waals surface area contributed by atoms with E-state index in [1.165, 1.54) is 19.3 Å². The standard InChI is InChI=1S/C27H31N7O2/c28-18-20-4-7-23(8-5-20)31-27(35)34-14-12-33(13-15-34)26-30-19-21-6-9-24(17-25(21)32-26)36-16-10-22-3-1-2-11-29-22/h4-9,17,19,22,29H,1-3,10-16H2,(H,31,35). The van der Waals surface area contributed by atoms with Crippen LogP contribution in [-0.2, 0) is 0 Å². The van der Waals surface area contributed by atoms with Gasteiger partial charge < -0.3 is 25.2 Å². The van der Waals surface area contributed by atoms with E-state index in [9.17, 15) is 4.79 Å². The molecule has 2 aliphatic heterocycles. The number of urea groups is 1. The summed E-state index contributed by atoms with van der Waals surface area (Å²) in [5.41, 5.74) is 2.09. The smallest absolute Gasteiger partial charge is 0.321 e. The van der Waals surface area contributed by atoms with Gasteiger partial charge in [-0.15, -0.1) is 0 Å². The molecule has 5 rings (SSSR count). The van der Waals surface area contributed by atoms with Gasteiger partial charge in [0, 0.05) is 55.6 Å². The van der Waals surface area contributed by atoms with Crippen molar-refractivity contribution in [3.8, 4) is 11.8 Å². The number of fused-ring (bicyclic) bond motifs is 1. The Balaban J connectivity index is 1.15. The van der Waals surface area contributed by atoms with E-state index in [4.69, 9.17) is 15.0 Å². The van der Waals surface area contributed by atoms with Crippen molar-refractivity contribution < 1.29 is 9.53 Å². The maximum atomic E-state index is 12.6. The number of ether oxygens (including phenoxy) is 1. The minimum absolute atomic E-state index is 0.149. The highest BCUT2D eigenvalue weighted by molar-refractivity contribution is 5.89. The number of nitrogens with zero attached hydrogens (tertiary/aromatic N) is 5. The van der Waals surface area contributed by atoms with Crippen molar-refractivity contribution in [3.63, 3.8) is 0 Å². The molecule has 9 heteroatoms. The molecule has 3 aromatic rings. The number of piperidine rings is 1. The number of hydrogen-bond donors (Lipinski definition) is 2. The van der Waals surface area contributed by atoms with Crippen molar-refractivity contribution in [2.75, 3.05) is 49.5 Å². The maximum absolute atomic E-state index is 12.6. The molecule has 0 bridgehead atoms. The Kier molecular flexibility index (Phi) is 7.43. The molecule has 2 saturated heterocycles. The normalized spacial score (nSPS) is 18.0. The van der Waals surface area contributed by atoms with Crippen LogP contribution in [0.25, 0.3) is 10.9 Å². The Morgan fingerprint density at radius 2 is 1.97 bits per heavy atom. The molecule has 0 saturated carbocycles. The number of aromatic nitrogens is 2. The quantitative estimate of drug-likeness (QED) is 0.547. The number of anilines is 2. The molecule has 2 aromatic carbocycles. The lowest BCUT2D eigenvalue weighted by Gasteiger charge is -2.34. The zero-order valence-electron chi connectivity index (χ0n) is 20.3. The molecule has 2 amide bonds. The third-order valence-electron chi connectivity index (χ3n) is 6.80. The third-order valence-corrected chi connectivity index (χ3v) is 6.80. The summed E-state index contributed by atoms with van der Waals surface area (Å²) in [6.07, 6.45) is 6.64. The first kappa shape index (κ1) is 23.8. The van der Waals surface area contributed by atoms with Gasteiger partial charge in [-0.2, -0.15) is 5.26 Å². The summed E-state index contributed by atoms with van der Waals surface area (Å²) in [6.45, 7) is 4.24. The van der Waals surface area contributed by atoms with Crippen molar-refractivity contribution in [1.29, 1.82) is 5.26 Å². The van der Waals surface area contributed by atoms with Crippen LogP contribution < -0.4 is 20.3 Å². The van der Waals surface area contributed by atoms with Gasteiger partial charge in [0.15, 0.2) is 0 Å². The Labute approximate surface area is 211 Å². The van der Waals surface area contributed by atoms with E-state index in [1.807, 2.05) is 24.4 Å². The van der Waals surface area contributed by atoms with Crippen LogP contribution in [0.5, 0.6) is 5.75 Å². The van der Waals surface area contributed by atoms with Gasteiger partial charge in [-0.1, -0.05) is 6.42 Å². The molecule has 2 N–H and O–H groups in total. The van der Waals surface area contributed by atoms with Crippen molar-refractivity contribution in [3.05, 3.63) is 54.2 Å². The van der Waals surface area contributed by atoms with Crippen molar-refractivity contribution in [1.82, 2.24) is 20.2 Å². The highest BCUT2D eigenvalue weighted by Crippen LogP contribution is 2.22. The average Bonchev–Trinajstić information content (AvgIpc) is 2.94. The van der Waals surface area contributed by atoms with E-state index in [-0.39, 0.29) is 6.03 Å². The zero-order valence-corrected chi connectivity index (χ0v) is 20.3. The van der Waals surface area contributed by atoms with E-state index in [2.05, 4.69) is 26.6 Å². The van der Waals surface area contributed by atoms with Crippen LogP contribution in [0.3, 0.4) is 0 Å². The number of carbonyl (C=O) groups excluding carboxylic acids is 1. The fraction of sp³-hybridized carbons (Fsp3) is 0.407. The van der Waals surface area contributed by atoms with Crippen molar-refractivity contribution >= 4 is 28.6 Å². The Hall–Kier alpha value is -3.90. The number of rotatable bonds is 6. The van der Waals surface area contributed by atoms with Gasteiger partial charge in [-0.25, -0.2) is 14.8 Å². The molecular formula is C27H31N7O2. The molecular weight excluding hydrogens is 454 g/mol. The minimum atomic E-state index is -0.149. The maximum Gasteiger partial charge on any atom is 0.321 e. The molecule has 0 spiro atoms. The molecule has 1 aromatic heterocycles. The predicted molar refractivity (Wildman–Crippen MR) is 139 cm³/mol. The number of amides is 2. The highest BCUT2D eigenvalue weighted by Gasteiger charge is 2.23. The van der Waals surface area contributed by atoms with E-state index >= 15 is 0 Å². The van der Waals surface area contributed by atoms with Gasteiger partial charge in [0.1, 0.15) is 5.75 Å². The lowest BCUT2D eigenvalue weighted by atomic mass is 10.0. The van der Waals surface area contributed by atoms with Gasteiger partial charge in [-0.05, 0) is 62.2 Å². The number of nitrogens with one attached hydrogen (secondary N) is 2. The van der Waals surface area contributed by atoms with Gasteiger partial charge >= 0.3 is 6.03 Å². The second kappa shape index (κ2) is 11.2. The molecule has 0 aliphatic carbocycles. The van der Waals surface area contributed by atoms with Crippen molar-refractivity contribution in [2.45, 2.75) is 31.7 Å². The number of hydrogen-bond acceptors (Lipinski definition) is 7. The summed E-state index contributed by atoms with van der Waals surface area (Å²) in [6, 6.07) is 15.3. The summed E-state index contributed by atoms with van der Waals surface area (Å²) in [5.74, 6) is 1.49. The largest absolute Gasteiger partial charge is 0.493 e. The number of nitriles is 1. The van der Waals surface area contributed by atoms with Crippen LogP contribution in [0, 0.1) is 11.3 Å². The van der Waals surface area contributed by atoms with Crippen LogP contribution in [0.1, 0.15) is 31.2 Å². The van der Waals surface area contributed by atoms with Crippen LogP contribution in [0.4, 0.5) is 16.4 Å². The fourth-order valence-electron chi connectivity index (χ4n) is 4.67. The summed E-state index contributed by atoms with van der Waals surface area (Å²) in [7, 11) is 0. The first-order valence-electron chi connectivity index (χ1n) is 12.6. The Morgan fingerprint density at radius 3 is 2.72 bits per heavy atom. The average molecular weight is 486 g/mol.